The van der Waals surface area contributed by atoms with Gasteiger partial charge in [0, 0.05) is 44.6 Å². The van der Waals surface area contributed by atoms with Crippen LogP contribution in [-0.4, -0.2) is 55.6 Å². The van der Waals surface area contributed by atoms with E-state index >= 15 is 0 Å². The molecule has 9 nitrogen and oxygen atoms in total. The molecule has 5 heterocycles. The van der Waals surface area contributed by atoms with Gasteiger partial charge < -0.3 is 24.7 Å². The maximum Gasteiger partial charge on any atom is 0.417 e. The Hall–Kier alpha value is -2.49. The third-order valence-corrected chi connectivity index (χ3v) is 6.86. The number of rotatable bonds is 2. The minimum Gasteiger partial charge on any atom is -0.355 e. The summed E-state index contributed by atoms with van der Waals surface area (Å²) in [5.41, 5.74) is -0.965. The van der Waals surface area contributed by atoms with Crippen LogP contribution >= 0.6 is 31.0 Å². The molecule has 14 heteroatoms. The van der Waals surface area contributed by atoms with Gasteiger partial charge in [-0.3, -0.25) is 4.79 Å². The Morgan fingerprint density at radius 3 is 2.64 bits per heavy atom. The van der Waals surface area contributed by atoms with Crippen molar-refractivity contribution in [3.05, 3.63) is 46.6 Å². The number of carbonyl (C=O) groups excluding carboxylic acids is 1. The van der Waals surface area contributed by atoms with Crippen LogP contribution in [-0.2, 0) is 13.2 Å². The fourth-order valence-electron chi connectivity index (χ4n) is 5.04. The number of thiol groups is 1. The molecular formula is C22H25F3IN7O2S. The number of aryl methyl sites for hydroxylation is 1. The summed E-state index contributed by atoms with van der Waals surface area (Å²) in [6, 6.07) is 2.01. The highest BCUT2D eigenvalue weighted by Crippen LogP contribution is 2.39. The lowest BCUT2D eigenvalue weighted by atomic mass is 9.85. The van der Waals surface area contributed by atoms with Crippen LogP contribution in [0.4, 0.5) is 29.5 Å². The van der Waals surface area contributed by atoms with Crippen LogP contribution in [0, 0.1) is 0 Å². The number of anilines is 2. The molecule has 0 unspecified atom stereocenters. The number of hydrogen-bond acceptors (Lipinski definition) is 6. The highest BCUT2D eigenvalue weighted by Gasteiger charge is 2.46. The Labute approximate surface area is 222 Å². The van der Waals surface area contributed by atoms with E-state index in [1.165, 1.54) is 7.05 Å². The summed E-state index contributed by atoms with van der Waals surface area (Å²) in [5.74, 6) is 0.767. The average Bonchev–Trinajstić information content (AvgIpc) is 3.49. The zero-order chi connectivity index (χ0) is 26.1. The van der Waals surface area contributed by atoms with Crippen molar-refractivity contribution >= 4 is 59.7 Å². The molecule has 2 saturated heterocycles. The van der Waals surface area contributed by atoms with Gasteiger partial charge in [0.2, 0.25) is 0 Å². The van der Waals surface area contributed by atoms with E-state index in [1.807, 2.05) is 27.3 Å². The number of pyridine rings is 1. The van der Waals surface area contributed by atoms with E-state index in [9.17, 15) is 22.8 Å². The second-order valence-electron chi connectivity index (χ2n) is 8.89. The van der Waals surface area contributed by atoms with E-state index in [0.29, 0.717) is 38.5 Å². The smallest absolute Gasteiger partial charge is 0.355 e. The largest absolute Gasteiger partial charge is 0.417 e. The number of nitrogens with one attached hydrogen (secondary N) is 2. The maximum atomic E-state index is 13.2. The van der Waals surface area contributed by atoms with E-state index in [4.69, 9.17) is 0 Å². The summed E-state index contributed by atoms with van der Waals surface area (Å²) < 4.78 is 40.4. The Kier molecular flexibility index (Phi) is 7.73. The number of piperidine rings is 1. The van der Waals surface area contributed by atoms with Gasteiger partial charge >= 0.3 is 12.2 Å². The van der Waals surface area contributed by atoms with Crippen molar-refractivity contribution in [2.24, 2.45) is 7.05 Å². The molecule has 2 aliphatic rings. The minimum atomic E-state index is -4.63. The Bertz CT molecular complexity index is 1300. The molecule has 0 bridgehead atoms. The third-order valence-electron chi connectivity index (χ3n) is 6.86. The molecule has 3 aromatic rings. The maximum absolute atomic E-state index is 13.2. The van der Waals surface area contributed by atoms with Crippen molar-refractivity contribution in [2.75, 3.05) is 29.9 Å². The van der Waals surface area contributed by atoms with E-state index in [2.05, 4.69) is 35.0 Å². The molecule has 36 heavy (non-hydrogen) atoms. The lowest BCUT2D eigenvalue weighted by Crippen LogP contribution is -2.55. The van der Waals surface area contributed by atoms with Gasteiger partial charge in [0.1, 0.15) is 17.0 Å². The summed E-state index contributed by atoms with van der Waals surface area (Å²) in [4.78, 5) is 41.4. The summed E-state index contributed by atoms with van der Waals surface area (Å²) >= 11 is 1.84. The third kappa shape index (κ3) is 5.14. The summed E-state index contributed by atoms with van der Waals surface area (Å²) in [6.45, 7) is 1.82. The van der Waals surface area contributed by atoms with Crippen LogP contribution in [0.15, 0.2) is 35.5 Å². The lowest BCUT2D eigenvalue weighted by molar-refractivity contribution is -0.138. The van der Waals surface area contributed by atoms with E-state index < -0.39 is 28.9 Å². The number of urea groups is 1. The second-order valence-corrected chi connectivity index (χ2v) is 8.89. The van der Waals surface area contributed by atoms with Gasteiger partial charge in [0.25, 0.3) is 5.56 Å². The Balaban J connectivity index is 0.00000148. The number of aromatic amines is 1. The number of likely N-dealkylation sites (tertiary alicyclic amines) is 1. The number of hydrogen-bond donors (Lipinski definition) is 3. The monoisotopic (exact) mass is 635 g/mol. The number of fused-ring (bicyclic) bond motifs is 1. The quantitative estimate of drug-likeness (QED) is 0.283. The fourth-order valence-corrected chi connectivity index (χ4v) is 5.04. The number of aromatic nitrogens is 4. The normalized spacial score (nSPS) is 17.3. The molecule has 1 spiro atoms. The van der Waals surface area contributed by atoms with E-state index in [1.54, 1.807) is 17.3 Å². The first-order chi connectivity index (χ1) is 17.2. The summed E-state index contributed by atoms with van der Waals surface area (Å²) in [5, 5.41) is 2.45. The van der Waals surface area contributed by atoms with Gasteiger partial charge in [0.15, 0.2) is 5.65 Å². The van der Waals surface area contributed by atoms with Gasteiger partial charge in [-0.25, -0.2) is 14.8 Å². The number of H-pyrrole nitrogens is 1. The van der Waals surface area contributed by atoms with Crippen molar-refractivity contribution < 1.29 is 18.0 Å². The van der Waals surface area contributed by atoms with Crippen molar-refractivity contribution in [1.29, 1.82) is 0 Å². The molecule has 0 radical (unpaired) electrons. The molecule has 194 valence electrons. The zero-order valence-corrected chi connectivity index (χ0v) is 22.4. The molecular weight excluding hydrogens is 610 g/mol. The van der Waals surface area contributed by atoms with Crippen LogP contribution in [0.3, 0.4) is 0 Å². The van der Waals surface area contributed by atoms with Gasteiger partial charge in [-0.15, -0.1) is 9.80 Å². The van der Waals surface area contributed by atoms with Gasteiger partial charge in [0.05, 0.1) is 11.8 Å². The molecule has 0 saturated carbocycles. The first-order valence-electron chi connectivity index (χ1n) is 11.2. The summed E-state index contributed by atoms with van der Waals surface area (Å²) in [6.07, 6.45) is 2.58. The Morgan fingerprint density at radius 2 is 1.94 bits per heavy atom. The SMILES string of the molecule is Cn1cc(C(F)(F)F)cc(NC(=O)N2CCCC23CCN(c2cnc4[nH]ccc4n2)CC3)c1=O.SI. The molecule has 0 atom stereocenters. The molecule has 2 amide bonds. The van der Waals surface area contributed by atoms with Crippen LogP contribution in [0.5, 0.6) is 0 Å². The second kappa shape index (κ2) is 10.5. The molecule has 3 aromatic heterocycles. The molecule has 2 aliphatic heterocycles. The molecule has 2 fully saturated rings. The average molecular weight is 635 g/mol. The van der Waals surface area contributed by atoms with Crippen LogP contribution in [0.2, 0.25) is 0 Å². The zero-order valence-electron chi connectivity index (χ0n) is 19.3. The van der Waals surface area contributed by atoms with Crippen molar-refractivity contribution in [1.82, 2.24) is 24.4 Å². The predicted molar refractivity (Wildman–Crippen MR) is 143 cm³/mol. The topological polar surface area (TPSA) is 99.2 Å². The highest BCUT2D eigenvalue weighted by atomic mass is 127. The molecule has 0 aromatic carbocycles. The fraction of sp³-hybridized carbons (Fsp3) is 0.455. The number of alkyl halides is 3. The molecule has 0 aliphatic carbocycles. The van der Waals surface area contributed by atoms with Gasteiger partial charge in [-0.1, -0.05) is 0 Å². The van der Waals surface area contributed by atoms with Gasteiger partial charge in [-0.05, 0) is 59.0 Å². The van der Waals surface area contributed by atoms with E-state index in [0.717, 1.165) is 40.6 Å². The molecule has 5 rings (SSSR count). The number of carbonyl (C=O) groups is 1. The Morgan fingerprint density at radius 1 is 1.22 bits per heavy atom. The number of nitrogens with zero attached hydrogens (tertiary/aromatic N) is 5. The minimum absolute atomic E-state index is 0.378. The van der Waals surface area contributed by atoms with Crippen molar-refractivity contribution in [3.63, 3.8) is 0 Å². The standard InChI is InChI=1S/C22H24F3N7O2.HIS/c1-30-13-14(22(23,24)25)11-16(19(30)33)29-20(34)32-8-2-4-21(32)5-9-31(10-6-21)17-12-27-18-15(28-17)3-7-26-18;1-2/h3,7,11-13H,2,4-6,8-10H2,1H3,(H,26,27)(H,29,34);2H. The van der Waals surface area contributed by atoms with E-state index in [-0.39, 0.29) is 5.69 Å². The molecule has 2 N–H and O–H groups in total. The number of amides is 2. The van der Waals surface area contributed by atoms with Crippen LogP contribution < -0.4 is 15.8 Å². The lowest BCUT2D eigenvalue weighted by Gasteiger charge is -2.45. The van der Waals surface area contributed by atoms with Crippen molar-refractivity contribution in [2.45, 2.75) is 37.4 Å². The first kappa shape index (κ1) is 26.6. The van der Waals surface area contributed by atoms with Crippen LogP contribution in [0.1, 0.15) is 31.2 Å². The predicted octanol–water partition coefficient (Wildman–Crippen LogP) is 4.61. The van der Waals surface area contributed by atoms with Crippen LogP contribution in [0.25, 0.3) is 11.2 Å². The number of halogens is 4. The van der Waals surface area contributed by atoms with Gasteiger partial charge in [-0.2, -0.15) is 13.2 Å². The summed E-state index contributed by atoms with van der Waals surface area (Å²) in [7, 11) is 4.73. The first-order valence-corrected chi connectivity index (χ1v) is 14.5. The highest BCUT2D eigenvalue weighted by molar-refractivity contribution is 14.2. The van der Waals surface area contributed by atoms with Crippen molar-refractivity contribution in [3.8, 4) is 0 Å².